The van der Waals surface area contributed by atoms with Crippen LogP contribution < -0.4 is 5.32 Å². The van der Waals surface area contributed by atoms with Crippen LogP contribution >= 0.6 is 0 Å². The molecule has 0 heterocycles. The van der Waals surface area contributed by atoms with Crippen molar-refractivity contribution in [3.05, 3.63) is 35.4 Å². The topological polar surface area (TPSA) is 49.3 Å². The van der Waals surface area contributed by atoms with E-state index in [1.807, 2.05) is 18.2 Å². The third kappa shape index (κ3) is 3.86. The number of rotatable bonds is 5. The van der Waals surface area contributed by atoms with Crippen molar-refractivity contribution in [2.75, 3.05) is 13.2 Å². The summed E-state index contributed by atoms with van der Waals surface area (Å²) >= 11 is 0. The lowest BCUT2D eigenvalue weighted by Crippen LogP contribution is -2.41. The van der Waals surface area contributed by atoms with Gasteiger partial charge in [-0.2, -0.15) is 0 Å². The highest BCUT2D eigenvalue weighted by Crippen LogP contribution is 2.43. The molecular weight excluding hydrogens is 262 g/mol. The van der Waals surface area contributed by atoms with Crippen LogP contribution in [0.3, 0.4) is 0 Å². The molecular formula is C18H23NO2. The van der Waals surface area contributed by atoms with Gasteiger partial charge in [0.15, 0.2) is 0 Å². The molecule has 0 atom stereocenters. The van der Waals surface area contributed by atoms with Gasteiger partial charge < -0.3 is 10.4 Å². The summed E-state index contributed by atoms with van der Waals surface area (Å²) in [7, 11) is 0. The van der Waals surface area contributed by atoms with Gasteiger partial charge in [-0.3, -0.25) is 4.79 Å². The van der Waals surface area contributed by atoms with E-state index in [1.165, 1.54) is 19.3 Å². The second kappa shape index (κ2) is 7.28. The Morgan fingerprint density at radius 3 is 2.76 bits per heavy atom. The molecule has 3 heteroatoms. The molecule has 1 saturated carbocycles. The quantitative estimate of drug-likeness (QED) is 0.817. The van der Waals surface area contributed by atoms with Crippen molar-refractivity contribution in [1.29, 1.82) is 0 Å². The van der Waals surface area contributed by atoms with Gasteiger partial charge in [-0.05, 0) is 36.8 Å². The molecule has 3 nitrogen and oxygen atoms in total. The number of amides is 1. The Morgan fingerprint density at radius 2 is 2.14 bits per heavy atom. The Kier molecular flexibility index (Phi) is 5.41. The fourth-order valence-electron chi connectivity index (χ4n) is 2.70. The number of hydrogen-bond acceptors (Lipinski definition) is 2. The highest BCUT2D eigenvalue weighted by molar-refractivity contribution is 5.96. The van der Waals surface area contributed by atoms with Gasteiger partial charge >= 0.3 is 0 Å². The summed E-state index contributed by atoms with van der Waals surface area (Å²) in [5.74, 6) is 5.78. The fourth-order valence-corrected chi connectivity index (χ4v) is 2.70. The van der Waals surface area contributed by atoms with E-state index in [2.05, 4.69) is 24.1 Å². The zero-order valence-corrected chi connectivity index (χ0v) is 12.6. The van der Waals surface area contributed by atoms with Crippen LogP contribution in [-0.4, -0.2) is 24.2 Å². The molecule has 0 aliphatic heterocycles. The Bertz CT molecular complexity index is 544. The molecule has 2 N–H and O–H groups in total. The van der Waals surface area contributed by atoms with E-state index < -0.39 is 0 Å². The van der Waals surface area contributed by atoms with Crippen molar-refractivity contribution in [1.82, 2.24) is 5.32 Å². The Balaban J connectivity index is 2.04. The molecule has 21 heavy (non-hydrogen) atoms. The monoisotopic (exact) mass is 285 g/mol. The van der Waals surface area contributed by atoms with Gasteiger partial charge in [0.05, 0.1) is 12.2 Å². The second-order valence-corrected chi connectivity index (χ2v) is 5.71. The molecule has 1 fully saturated rings. The average molecular weight is 285 g/mol. The minimum Gasteiger partial charge on any atom is -0.395 e. The normalized spacial score (nSPS) is 15.5. The lowest BCUT2D eigenvalue weighted by Gasteiger charge is -2.41. The first kappa shape index (κ1) is 15.6. The molecule has 1 aromatic rings. The number of carbonyl (C=O) groups excluding carboxylic acids is 1. The largest absolute Gasteiger partial charge is 0.395 e. The SMILES string of the molecule is CCC1(CNC(=O)c2ccccc2C#CCCO)CCC1. The van der Waals surface area contributed by atoms with Crippen LogP contribution in [0.15, 0.2) is 24.3 Å². The number of aliphatic hydroxyl groups is 1. The predicted molar refractivity (Wildman–Crippen MR) is 83.9 cm³/mol. The third-order valence-electron chi connectivity index (χ3n) is 4.42. The van der Waals surface area contributed by atoms with Gasteiger partial charge in [0.2, 0.25) is 0 Å². The van der Waals surface area contributed by atoms with Crippen LogP contribution in [-0.2, 0) is 0 Å². The van der Waals surface area contributed by atoms with Crippen molar-refractivity contribution in [3.8, 4) is 11.8 Å². The van der Waals surface area contributed by atoms with E-state index in [-0.39, 0.29) is 12.5 Å². The summed E-state index contributed by atoms with van der Waals surface area (Å²) in [6.07, 6.45) is 5.23. The van der Waals surface area contributed by atoms with Crippen molar-refractivity contribution >= 4 is 5.91 Å². The van der Waals surface area contributed by atoms with E-state index in [1.54, 1.807) is 6.07 Å². The lowest BCUT2D eigenvalue weighted by molar-refractivity contribution is 0.0850. The number of hydrogen-bond donors (Lipinski definition) is 2. The van der Waals surface area contributed by atoms with E-state index >= 15 is 0 Å². The molecule has 0 spiro atoms. The zero-order valence-electron chi connectivity index (χ0n) is 12.6. The molecule has 0 aromatic heterocycles. The Hall–Kier alpha value is -1.79. The van der Waals surface area contributed by atoms with Crippen LogP contribution in [0.4, 0.5) is 0 Å². The summed E-state index contributed by atoms with van der Waals surface area (Å²) in [5.41, 5.74) is 1.66. The highest BCUT2D eigenvalue weighted by Gasteiger charge is 2.35. The van der Waals surface area contributed by atoms with Crippen LogP contribution in [0.1, 0.15) is 54.9 Å². The highest BCUT2D eigenvalue weighted by atomic mass is 16.2. The number of aliphatic hydroxyl groups excluding tert-OH is 1. The summed E-state index contributed by atoms with van der Waals surface area (Å²) in [5, 5.41) is 11.8. The first-order valence-electron chi connectivity index (χ1n) is 7.68. The maximum Gasteiger partial charge on any atom is 0.252 e. The molecule has 0 bridgehead atoms. The molecule has 1 aliphatic carbocycles. The van der Waals surface area contributed by atoms with Crippen molar-refractivity contribution in [3.63, 3.8) is 0 Å². The van der Waals surface area contributed by atoms with Gasteiger partial charge in [0.1, 0.15) is 0 Å². The summed E-state index contributed by atoms with van der Waals surface area (Å²) in [4.78, 5) is 12.4. The maximum atomic E-state index is 12.4. The van der Waals surface area contributed by atoms with Crippen molar-refractivity contribution < 1.29 is 9.90 Å². The van der Waals surface area contributed by atoms with Gasteiger partial charge in [0, 0.05) is 18.5 Å². The number of nitrogens with one attached hydrogen (secondary N) is 1. The Labute approximate surface area is 126 Å². The first-order chi connectivity index (χ1) is 10.2. The average Bonchev–Trinajstić information content (AvgIpc) is 2.47. The zero-order chi connectivity index (χ0) is 15.1. The van der Waals surface area contributed by atoms with Crippen LogP contribution in [0.2, 0.25) is 0 Å². The Morgan fingerprint density at radius 1 is 1.38 bits per heavy atom. The van der Waals surface area contributed by atoms with Gasteiger partial charge in [-0.25, -0.2) is 0 Å². The summed E-state index contributed by atoms with van der Waals surface area (Å²) in [6.45, 7) is 2.99. The van der Waals surface area contributed by atoms with Crippen LogP contribution in [0.5, 0.6) is 0 Å². The number of carbonyl (C=O) groups is 1. The molecule has 1 aliphatic rings. The number of benzene rings is 1. The molecule has 0 unspecified atom stereocenters. The maximum absolute atomic E-state index is 12.4. The van der Waals surface area contributed by atoms with Crippen molar-refractivity contribution in [2.24, 2.45) is 5.41 Å². The first-order valence-corrected chi connectivity index (χ1v) is 7.68. The second-order valence-electron chi connectivity index (χ2n) is 5.71. The smallest absolute Gasteiger partial charge is 0.252 e. The van der Waals surface area contributed by atoms with E-state index in [0.717, 1.165) is 18.5 Å². The fraction of sp³-hybridized carbons (Fsp3) is 0.500. The van der Waals surface area contributed by atoms with Gasteiger partial charge in [-0.15, -0.1) is 0 Å². The van der Waals surface area contributed by atoms with E-state index in [4.69, 9.17) is 5.11 Å². The molecule has 112 valence electrons. The lowest BCUT2D eigenvalue weighted by atomic mass is 9.67. The molecule has 0 radical (unpaired) electrons. The van der Waals surface area contributed by atoms with E-state index in [0.29, 0.717) is 17.4 Å². The standard InChI is InChI=1S/C18H23NO2/c1-2-18(11-7-12-18)14-19-17(21)16-10-4-3-8-15(16)9-5-6-13-20/h3-4,8,10,20H,2,6-7,11-14H2,1H3,(H,19,21). The molecule has 0 saturated heterocycles. The van der Waals surface area contributed by atoms with Crippen LogP contribution in [0, 0.1) is 17.3 Å². The minimum atomic E-state index is -0.0522. The summed E-state index contributed by atoms with van der Waals surface area (Å²) in [6, 6.07) is 7.38. The van der Waals surface area contributed by atoms with Gasteiger partial charge in [-0.1, -0.05) is 37.3 Å². The van der Waals surface area contributed by atoms with E-state index in [9.17, 15) is 4.79 Å². The minimum absolute atomic E-state index is 0.0420. The summed E-state index contributed by atoms with van der Waals surface area (Å²) < 4.78 is 0. The van der Waals surface area contributed by atoms with Crippen LogP contribution in [0.25, 0.3) is 0 Å². The molecule has 1 aromatic carbocycles. The van der Waals surface area contributed by atoms with Crippen molar-refractivity contribution in [2.45, 2.75) is 39.0 Å². The third-order valence-corrected chi connectivity index (χ3v) is 4.42. The predicted octanol–water partition coefficient (Wildman–Crippen LogP) is 2.73. The molecule has 1 amide bonds. The molecule has 2 rings (SSSR count). The van der Waals surface area contributed by atoms with Gasteiger partial charge in [0.25, 0.3) is 5.91 Å².